The Kier molecular flexibility index (Phi) is 8.14. The molecule has 6 heteroatoms. The maximum Gasteiger partial charge on any atom is 0.221 e. The predicted octanol–water partition coefficient (Wildman–Crippen LogP) is 3.94. The molecule has 0 spiro atoms. The molecule has 0 radical (unpaired) electrons. The van der Waals surface area contributed by atoms with Crippen molar-refractivity contribution in [2.75, 3.05) is 25.5 Å². The average molecular weight is 387 g/mol. The number of benzene rings is 2. The molecule has 0 aliphatic carbocycles. The molecular formula is C21H27ClN4O. The monoisotopic (exact) mass is 386 g/mol. The second-order valence-electron chi connectivity index (χ2n) is 6.35. The van der Waals surface area contributed by atoms with Crippen LogP contribution in [0.25, 0.3) is 0 Å². The van der Waals surface area contributed by atoms with Crippen molar-refractivity contribution >= 4 is 29.2 Å². The minimum atomic E-state index is -0.0636. The number of nitrogens with zero attached hydrogens (tertiary/aromatic N) is 2. The van der Waals surface area contributed by atoms with E-state index in [0.717, 1.165) is 36.2 Å². The highest BCUT2D eigenvalue weighted by Gasteiger charge is 2.06. The summed E-state index contributed by atoms with van der Waals surface area (Å²) in [6.07, 6.45) is 0.837. The van der Waals surface area contributed by atoms with Gasteiger partial charge in [0.25, 0.3) is 0 Å². The minimum Gasteiger partial charge on any atom is -0.357 e. The molecule has 2 aromatic rings. The van der Waals surface area contributed by atoms with Crippen molar-refractivity contribution in [1.82, 2.24) is 10.2 Å². The van der Waals surface area contributed by atoms with Crippen molar-refractivity contribution < 1.29 is 4.79 Å². The molecule has 0 aromatic heterocycles. The molecule has 5 nitrogen and oxygen atoms in total. The normalized spacial score (nSPS) is 11.2. The van der Waals surface area contributed by atoms with Gasteiger partial charge in [0.15, 0.2) is 5.96 Å². The molecular weight excluding hydrogens is 360 g/mol. The van der Waals surface area contributed by atoms with Gasteiger partial charge < -0.3 is 15.5 Å². The van der Waals surface area contributed by atoms with E-state index in [1.807, 2.05) is 55.6 Å². The summed E-state index contributed by atoms with van der Waals surface area (Å²) in [4.78, 5) is 17.9. The lowest BCUT2D eigenvalue weighted by Gasteiger charge is -2.22. The van der Waals surface area contributed by atoms with Gasteiger partial charge in [-0.2, -0.15) is 0 Å². The van der Waals surface area contributed by atoms with Gasteiger partial charge in [0, 0.05) is 44.3 Å². The maximum atomic E-state index is 11.1. The largest absolute Gasteiger partial charge is 0.357 e. The number of halogens is 1. The maximum absolute atomic E-state index is 11.1. The number of amides is 1. The second kappa shape index (κ2) is 10.6. The molecule has 0 bridgehead atoms. The van der Waals surface area contributed by atoms with E-state index in [2.05, 4.69) is 22.5 Å². The Labute approximate surface area is 166 Å². The average Bonchev–Trinajstić information content (AvgIpc) is 2.64. The number of carbonyl (C=O) groups excluding carboxylic acids is 1. The van der Waals surface area contributed by atoms with Crippen LogP contribution in [0, 0.1) is 0 Å². The molecule has 2 aromatic carbocycles. The van der Waals surface area contributed by atoms with Crippen LogP contribution in [0.3, 0.4) is 0 Å². The summed E-state index contributed by atoms with van der Waals surface area (Å²) in [5.41, 5.74) is 3.18. The van der Waals surface area contributed by atoms with E-state index < -0.39 is 0 Å². The minimum absolute atomic E-state index is 0.0636. The lowest BCUT2D eigenvalue weighted by molar-refractivity contribution is -0.114. The van der Waals surface area contributed by atoms with E-state index in [1.165, 1.54) is 18.1 Å². The summed E-state index contributed by atoms with van der Waals surface area (Å²) < 4.78 is 0. The zero-order chi connectivity index (χ0) is 19.6. The van der Waals surface area contributed by atoms with Crippen LogP contribution in [0.15, 0.2) is 53.5 Å². The Morgan fingerprint density at radius 3 is 2.30 bits per heavy atom. The Balaban J connectivity index is 1.93. The summed E-state index contributed by atoms with van der Waals surface area (Å²) in [6.45, 7) is 5.83. The first-order valence-corrected chi connectivity index (χ1v) is 9.46. The highest BCUT2D eigenvalue weighted by Crippen LogP contribution is 2.12. The van der Waals surface area contributed by atoms with Crippen LogP contribution in [0.2, 0.25) is 5.02 Å². The number of hydrogen-bond acceptors (Lipinski definition) is 2. The molecule has 0 unspecified atom stereocenters. The first-order valence-electron chi connectivity index (χ1n) is 9.08. The van der Waals surface area contributed by atoms with Crippen molar-refractivity contribution in [3.63, 3.8) is 0 Å². The van der Waals surface area contributed by atoms with Crippen molar-refractivity contribution in [3.05, 3.63) is 64.7 Å². The van der Waals surface area contributed by atoms with Crippen molar-refractivity contribution in [1.29, 1.82) is 0 Å². The van der Waals surface area contributed by atoms with E-state index in [1.54, 1.807) is 0 Å². The topological polar surface area (TPSA) is 56.7 Å². The molecule has 144 valence electrons. The van der Waals surface area contributed by atoms with Crippen LogP contribution in [0.4, 0.5) is 5.69 Å². The Hall–Kier alpha value is -2.53. The lowest BCUT2D eigenvalue weighted by Crippen LogP contribution is -2.38. The molecule has 0 atom stereocenters. The van der Waals surface area contributed by atoms with Crippen LogP contribution in [-0.2, 0) is 17.8 Å². The van der Waals surface area contributed by atoms with Gasteiger partial charge in [0.1, 0.15) is 0 Å². The number of carbonyl (C=O) groups is 1. The van der Waals surface area contributed by atoms with Gasteiger partial charge in [-0.15, -0.1) is 0 Å². The molecule has 2 N–H and O–H groups in total. The fourth-order valence-corrected chi connectivity index (χ4v) is 2.78. The number of guanidine groups is 1. The summed E-state index contributed by atoms with van der Waals surface area (Å²) in [5, 5.41) is 6.85. The van der Waals surface area contributed by atoms with Gasteiger partial charge in [-0.3, -0.25) is 9.79 Å². The zero-order valence-corrected chi connectivity index (χ0v) is 16.9. The van der Waals surface area contributed by atoms with Gasteiger partial charge >= 0.3 is 0 Å². The highest BCUT2D eigenvalue weighted by molar-refractivity contribution is 6.30. The van der Waals surface area contributed by atoms with Crippen LogP contribution in [-0.4, -0.2) is 36.9 Å². The molecule has 2 rings (SSSR count). The smallest absolute Gasteiger partial charge is 0.221 e. The molecule has 0 heterocycles. The van der Waals surface area contributed by atoms with Crippen LogP contribution >= 0.6 is 11.6 Å². The van der Waals surface area contributed by atoms with E-state index >= 15 is 0 Å². The number of hydrogen-bond donors (Lipinski definition) is 2. The van der Waals surface area contributed by atoms with Gasteiger partial charge in [-0.25, -0.2) is 0 Å². The van der Waals surface area contributed by atoms with Crippen molar-refractivity contribution in [3.8, 4) is 0 Å². The third kappa shape index (κ3) is 7.31. The Morgan fingerprint density at radius 2 is 1.70 bits per heavy atom. The van der Waals surface area contributed by atoms with Crippen LogP contribution in [0.1, 0.15) is 25.0 Å². The van der Waals surface area contributed by atoms with Crippen molar-refractivity contribution in [2.24, 2.45) is 4.99 Å². The summed E-state index contributed by atoms with van der Waals surface area (Å²) in [5.74, 6) is 0.814. The number of rotatable bonds is 7. The fourth-order valence-electron chi connectivity index (χ4n) is 2.66. The summed E-state index contributed by atoms with van der Waals surface area (Å²) >= 11 is 5.95. The van der Waals surface area contributed by atoms with Gasteiger partial charge in [-0.05, 0) is 48.7 Å². The predicted molar refractivity (Wildman–Crippen MR) is 113 cm³/mol. The molecule has 0 saturated heterocycles. The second-order valence-corrected chi connectivity index (χ2v) is 6.78. The van der Waals surface area contributed by atoms with Gasteiger partial charge in [0.05, 0.1) is 0 Å². The fraction of sp³-hybridized carbons (Fsp3) is 0.333. The van der Waals surface area contributed by atoms with E-state index in [4.69, 9.17) is 16.6 Å². The van der Waals surface area contributed by atoms with Crippen molar-refractivity contribution in [2.45, 2.75) is 26.8 Å². The van der Waals surface area contributed by atoms with Crippen LogP contribution < -0.4 is 10.6 Å². The zero-order valence-electron chi connectivity index (χ0n) is 16.1. The standard InChI is InChI=1S/C21H27ClN4O/c1-4-23-21(26(3)15-18-5-9-19(22)10-6-18)24-14-13-17-7-11-20(12-8-17)25-16(2)27/h5-12H,4,13-15H2,1-3H3,(H,23,24)(H,25,27). The number of nitrogens with one attached hydrogen (secondary N) is 2. The molecule has 0 aliphatic rings. The molecule has 0 aliphatic heterocycles. The van der Waals surface area contributed by atoms with Gasteiger partial charge in [0.2, 0.25) is 5.91 Å². The van der Waals surface area contributed by atoms with E-state index in [-0.39, 0.29) is 5.91 Å². The highest BCUT2D eigenvalue weighted by atomic mass is 35.5. The number of anilines is 1. The Morgan fingerprint density at radius 1 is 1.07 bits per heavy atom. The van der Waals surface area contributed by atoms with Crippen LogP contribution in [0.5, 0.6) is 0 Å². The molecule has 0 saturated carbocycles. The summed E-state index contributed by atoms with van der Waals surface area (Å²) in [6, 6.07) is 15.7. The first kappa shape index (κ1) is 20.8. The molecule has 27 heavy (non-hydrogen) atoms. The SMILES string of the molecule is CCNC(=NCCc1ccc(NC(C)=O)cc1)N(C)Cc1ccc(Cl)cc1. The quantitative estimate of drug-likeness (QED) is 0.559. The van der Waals surface area contributed by atoms with E-state index in [0.29, 0.717) is 6.54 Å². The third-order valence-electron chi connectivity index (χ3n) is 3.97. The molecule has 1 amide bonds. The van der Waals surface area contributed by atoms with Gasteiger partial charge in [-0.1, -0.05) is 35.9 Å². The lowest BCUT2D eigenvalue weighted by atomic mass is 10.1. The number of aliphatic imine (C=N–C) groups is 1. The molecule has 0 fully saturated rings. The Bertz CT molecular complexity index is 757. The summed E-state index contributed by atoms with van der Waals surface area (Å²) in [7, 11) is 2.03. The van der Waals surface area contributed by atoms with E-state index in [9.17, 15) is 4.79 Å². The first-order chi connectivity index (χ1) is 13.0. The third-order valence-corrected chi connectivity index (χ3v) is 4.22.